The quantitative estimate of drug-likeness (QED) is 0.114. The van der Waals surface area contributed by atoms with Crippen LogP contribution >= 0.6 is 0 Å². The fraction of sp³-hybridized carbons (Fsp3) is 0.938. The summed E-state index contributed by atoms with van der Waals surface area (Å²) in [5.74, 6) is 0. The van der Waals surface area contributed by atoms with E-state index in [0.717, 1.165) is 0 Å². The van der Waals surface area contributed by atoms with Gasteiger partial charge in [0.1, 0.15) is 6.17 Å². The molecule has 0 aromatic rings. The Bertz CT molecular complexity index is 433. The molecule has 0 amide bonds. The van der Waals surface area contributed by atoms with Crippen LogP contribution in [-0.4, -0.2) is 29.1 Å². The van der Waals surface area contributed by atoms with Crippen molar-refractivity contribution in [1.82, 2.24) is 9.80 Å². The van der Waals surface area contributed by atoms with Gasteiger partial charge >= 0.3 is 0 Å². The number of hydrogen-bond acceptors (Lipinski definition) is 2. The first-order chi connectivity index (χ1) is 16.8. The van der Waals surface area contributed by atoms with E-state index in [1.807, 2.05) is 0 Å². The van der Waals surface area contributed by atoms with Crippen LogP contribution in [-0.2, 0) is 0 Å². The summed E-state index contributed by atoms with van der Waals surface area (Å²) >= 11 is 0. The molecular formula is C32H64N2. The Hall–Kier alpha value is -0.660. The largest absolute Gasteiger partial charge is 0.356 e. The molecule has 0 N–H and O–H groups in total. The molecule has 0 aliphatic carbocycles. The summed E-state index contributed by atoms with van der Waals surface area (Å²) in [5, 5.41) is 0. The van der Waals surface area contributed by atoms with Crippen LogP contribution in [0.3, 0.4) is 0 Å². The molecule has 0 aromatic carbocycles. The maximum Gasteiger partial charge on any atom is 0.101 e. The molecule has 1 heterocycles. The molecule has 1 aliphatic rings. The third kappa shape index (κ3) is 16.9. The Morgan fingerprint density at radius 2 is 0.706 bits per heavy atom. The van der Waals surface area contributed by atoms with Gasteiger partial charge in [0.15, 0.2) is 0 Å². The summed E-state index contributed by atoms with van der Waals surface area (Å²) in [7, 11) is 0. The van der Waals surface area contributed by atoms with Gasteiger partial charge in [-0.05, 0) is 25.7 Å². The van der Waals surface area contributed by atoms with Gasteiger partial charge in [0.05, 0.1) is 0 Å². The van der Waals surface area contributed by atoms with Crippen LogP contribution in [0.1, 0.15) is 175 Å². The molecule has 202 valence electrons. The standard InChI is InChI=1S/C32H64N2/c1-4-7-10-12-14-15-16-17-18-19-20-22-24-26-29-34-31-30-33(28-9-6-3)32(34)27-25-23-21-13-11-8-5-2/h30-32H,4-29H2,1-3H3. The first-order valence-electron chi connectivity index (χ1n) is 16.0. The van der Waals surface area contributed by atoms with Gasteiger partial charge in [-0.2, -0.15) is 0 Å². The minimum atomic E-state index is 0.643. The van der Waals surface area contributed by atoms with Crippen LogP contribution in [0.4, 0.5) is 0 Å². The normalized spacial score (nSPS) is 15.7. The lowest BCUT2D eigenvalue weighted by Gasteiger charge is -2.33. The fourth-order valence-electron chi connectivity index (χ4n) is 5.45. The average Bonchev–Trinajstić information content (AvgIpc) is 3.23. The number of unbranched alkanes of at least 4 members (excludes halogenated alkanes) is 20. The summed E-state index contributed by atoms with van der Waals surface area (Å²) in [4.78, 5) is 5.32. The van der Waals surface area contributed by atoms with E-state index < -0.39 is 0 Å². The van der Waals surface area contributed by atoms with Gasteiger partial charge < -0.3 is 9.80 Å². The highest BCUT2D eigenvalue weighted by molar-refractivity contribution is 4.96. The molecule has 0 radical (unpaired) electrons. The molecule has 2 nitrogen and oxygen atoms in total. The molecule has 1 atom stereocenters. The van der Waals surface area contributed by atoms with Gasteiger partial charge in [-0.25, -0.2) is 0 Å². The van der Waals surface area contributed by atoms with E-state index >= 15 is 0 Å². The van der Waals surface area contributed by atoms with Gasteiger partial charge in [-0.15, -0.1) is 0 Å². The number of rotatable bonds is 26. The summed E-state index contributed by atoms with van der Waals surface area (Å²) < 4.78 is 0. The smallest absolute Gasteiger partial charge is 0.101 e. The van der Waals surface area contributed by atoms with E-state index in [1.165, 1.54) is 167 Å². The van der Waals surface area contributed by atoms with Crippen LogP contribution in [0.5, 0.6) is 0 Å². The van der Waals surface area contributed by atoms with Crippen molar-refractivity contribution in [2.45, 2.75) is 181 Å². The second kappa shape index (κ2) is 24.1. The van der Waals surface area contributed by atoms with Gasteiger partial charge in [0.2, 0.25) is 0 Å². The van der Waals surface area contributed by atoms with Crippen molar-refractivity contribution < 1.29 is 0 Å². The number of hydrogen-bond donors (Lipinski definition) is 0. The van der Waals surface area contributed by atoms with E-state index in [-0.39, 0.29) is 0 Å². The molecular weight excluding hydrogens is 412 g/mol. The molecule has 0 fully saturated rings. The SMILES string of the molecule is CCCCCCCCCCCCCCCCN1C=CN(CCCC)C1CCCCCCCCC. The summed E-state index contributed by atoms with van der Waals surface area (Å²) in [5.41, 5.74) is 0. The lowest BCUT2D eigenvalue weighted by Crippen LogP contribution is -2.39. The zero-order valence-corrected chi connectivity index (χ0v) is 24.0. The van der Waals surface area contributed by atoms with Crippen molar-refractivity contribution in [3.63, 3.8) is 0 Å². The van der Waals surface area contributed by atoms with Crippen molar-refractivity contribution in [2.24, 2.45) is 0 Å². The Labute approximate surface area is 216 Å². The highest BCUT2D eigenvalue weighted by atomic mass is 15.4. The van der Waals surface area contributed by atoms with Crippen molar-refractivity contribution in [3.05, 3.63) is 12.4 Å². The zero-order valence-electron chi connectivity index (χ0n) is 24.0. The lowest BCUT2D eigenvalue weighted by molar-refractivity contribution is 0.136. The molecule has 1 aliphatic heterocycles. The predicted molar refractivity (Wildman–Crippen MR) is 154 cm³/mol. The predicted octanol–water partition coefficient (Wildman–Crippen LogP) is 10.8. The highest BCUT2D eigenvalue weighted by Crippen LogP contribution is 2.23. The van der Waals surface area contributed by atoms with Crippen LogP contribution in [0, 0.1) is 0 Å². The number of nitrogens with zero attached hydrogens (tertiary/aromatic N) is 2. The molecule has 0 aromatic heterocycles. The van der Waals surface area contributed by atoms with Crippen molar-refractivity contribution in [1.29, 1.82) is 0 Å². The van der Waals surface area contributed by atoms with Gasteiger partial charge in [0, 0.05) is 25.5 Å². The first-order valence-corrected chi connectivity index (χ1v) is 16.0. The van der Waals surface area contributed by atoms with Crippen molar-refractivity contribution in [2.75, 3.05) is 13.1 Å². The Balaban J connectivity index is 2.06. The molecule has 34 heavy (non-hydrogen) atoms. The second-order valence-electron chi connectivity index (χ2n) is 11.1. The summed E-state index contributed by atoms with van der Waals surface area (Å²) in [6, 6.07) is 0. The van der Waals surface area contributed by atoms with E-state index in [1.54, 1.807) is 0 Å². The molecule has 1 rings (SSSR count). The molecule has 0 bridgehead atoms. The van der Waals surface area contributed by atoms with Crippen molar-refractivity contribution >= 4 is 0 Å². The fourth-order valence-corrected chi connectivity index (χ4v) is 5.45. The van der Waals surface area contributed by atoms with Crippen LogP contribution in [0.15, 0.2) is 12.4 Å². The lowest BCUT2D eigenvalue weighted by atomic mass is 10.0. The van der Waals surface area contributed by atoms with E-state index in [9.17, 15) is 0 Å². The average molecular weight is 477 g/mol. The van der Waals surface area contributed by atoms with Crippen LogP contribution < -0.4 is 0 Å². The molecule has 0 spiro atoms. The minimum Gasteiger partial charge on any atom is -0.356 e. The summed E-state index contributed by atoms with van der Waals surface area (Å²) in [6.07, 6.45) is 39.6. The first kappa shape index (κ1) is 31.4. The third-order valence-corrected chi connectivity index (χ3v) is 7.82. The van der Waals surface area contributed by atoms with E-state index in [2.05, 4.69) is 43.0 Å². The van der Waals surface area contributed by atoms with Crippen molar-refractivity contribution in [3.8, 4) is 0 Å². The summed E-state index contributed by atoms with van der Waals surface area (Å²) in [6.45, 7) is 9.43. The molecule has 2 heteroatoms. The Morgan fingerprint density at radius 1 is 0.382 bits per heavy atom. The zero-order chi connectivity index (χ0) is 24.5. The van der Waals surface area contributed by atoms with Gasteiger partial charge in [-0.1, -0.05) is 149 Å². The van der Waals surface area contributed by atoms with Gasteiger partial charge in [-0.3, -0.25) is 0 Å². The van der Waals surface area contributed by atoms with Crippen LogP contribution in [0.25, 0.3) is 0 Å². The minimum absolute atomic E-state index is 0.643. The monoisotopic (exact) mass is 477 g/mol. The highest BCUT2D eigenvalue weighted by Gasteiger charge is 2.24. The Kier molecular flexibility index (Phi) is 22.2. The molecule has 0 saturated carbocycles. The molecule has 0 saturated heterocycles. The topological polar surface area (TPSA) is 6.48 Å². The van der Waals surface area contributed by atoms with Gasteiger partial charge in [0.25, 0.3) is 0 Å². The van der Waals surface area contributed by atoms with E-state index in [4.69, 9.17) is 0 Å². The van der Waals surface area contributed by atoms with E-state index in [0.29, 0.717) is 6.17 Å². The maximum atomic E-state index is 2.67. The maximum absolute atomic E-state index is 2.67. The third-order valence-electron chi connectivity index (χ3n) is 7.82. The van der Waals surface area contributed by atoms with Crippen LogP contribution in [0.2, 0.25) is 0 Å². The second-order valence-corrected chi connectivity index (χ2v) is 11.1. The Morgan fingerprint density at radius 3 is 1.12 bits per heavy atom. The molecule has 1 unspecified atom stereocenters.